The minimum Gasteiger partial charge on any atom is -0.361 e. The maximum atomic E-state index is 12.4. The summed E-state index contributed by atoms with van der Waals surface area (Å²) in [6.07, 6.45) is 4.30. The fourth-order valence-corrected chi connectivity index (χ4v) is 3.45. The molecule has 1 fully saturated rings. The molecule has 0 spiro atoms. The lowest BCUT2D eigenvalue weighted by atomic mass is 9.90. The average molecular weight is 368 g/mol. The van der Waals surface area contributed by atoms with Crippen LogP contribution < -0.4 is 5.32 Å². The Morgan fingerprint density at radius 2 is 2.00 bits per heavy atom. The summed E-state index contributed by atoms with van der Waals surface area (Å²) in [4.78, 5) is 28.7. The van der Waals surface area contributed by atoms with Gasteiger partial charge in [-0.25, -0.2) is 4.98 Å². The van der Waals surface area contributed by atoms with Gasteiger partial charge in [0.15, 0.2) is 0 Å². The third kappa shape index (κ3) is 5.03. The number of carbonyl (C=O) groups excluding carboxylic acids is 1. The predicted octanol–water partition coefficient (Wildman–Crippen LogP) is 3.19. The first kappa shape index (κ1) is 18.8. The normalized spacial score (nSPS) is 14.8. The molecule has 0 radical (unpaired) electrons. The number of pyridine rings is 1. The van der Waals surface area contributed by atoms with Crippen molar-refractivity contribution in [2.75, 3.05) is 25.0 Å². The van der Waals surface area contributed by atoms with Gasteiger partial charge < -0.3 is 10.2 Å². The lowest BCUT2D eigenvalue weighted by Crippen LogP contribution is -2.41. The number of likely N-dealkylation sites (tertiary alicyclic amines) is 1. The van der Waals surface area contributed by atoms with E-state index in [1.54, 1.807) is 13.0 Å². The van der Waals surface area contributed by atoms with Crippen molar-refractivity contribution in [3.8, 4) is 0 Å². The lowest BCUT2D eigenvalue weighted by molar-refractivity contribution is -0.385. The molecule has 1 N–H and O–H groups in total. The highest BCUT2D eigenvalue weighted by molar-refractivity contribution is 5.80. The van der Waals surface area contributed by atoms with Crippen LogP contribution >= 0.6 is 0 Å². The minimum atomic E-state index is -0.461. The molecule has 1 aromatic heterocycles. The number of aryl methyl sites for hydroxylation is 1. The number of benzene rings is 1. The van der Waals surface area contributed by atoms with E-state index < -0.39 is 4.92 Å². The SMILES string of the molecule is Cc1cc(NCC(=O)N2CCC(Cc3ccccc3)CC2)ncc1[N+](=O)[O-]. The molecule has 7 nitrogen and oxygen atoms in total. The van der Waals surface area contributed by atoms with Crippen LogP contribution in [0, 0.1) is 23.0 Å². The number of aromatic nitrogens is 1. The van der Waals surface area contributed by atoms with E-state index in [-0.39, 0.29) is 18.1 Å². The van der Waals surface area contributed by atoms with E-state index in [1.165, 1.54) is 11.8 Å². The molecule has 3 rings (SSSR count). The second kappa shape index (κ2) is 8.62. The molecule has 1 amide bonds. The summed E-state index contributed by atoms with van der Waals surface area (Å²) in [7, 11) is 0. The quantitative estimate of drug-likeness (QED) is 0.625. The van der Waals surface area contributed by atoms with E-state index in [1.807, 2.05) is 11.0 Å². The predicted molar refractivity (Wildman–Crippen MR) is 104 cm³/mol. The summed E-state index contributed by atoms with van der Waals surface area (Å²) in [5.41, 5.74) is 1.85. The van der Waals surface area contributed by atoms with Crippen molar-refractivity contribution in [3.63, 3.8) is 0 Å². The molecule has 1 aliphatic heterocycles. The first-order chi connectivity index (χ1) is 13.0. The van der Waals surface area contributed by atoms with E-state index in [4.69, 9.17) is 0 Å². The van der Waals surface area contributed by atoms with Crippen molar-refractivity contribution in [2.45, 2.75) is 26.2 Å². The number of nitro groups is 1. The fourth-order valence-electron chi connectivity index (χ4n) is 3.45. The van der Waals surface area contributed by atoms with Gasteiger partial charge in [0, 0.05) is 18.7 Å². The van der Waals surface area contributed by atoms with Gasteiger partial charge in [-0.3, -0.25) is 14.9 Å². The summed E-state index contributed by atoms with van der Waals surface area (Å²) in [5.74, 6) is 1.12. The maximum absolute atomic E-state index is 12.4. The Kier molecular flexibility index (Phi) is 6.01. The summed E-state index contributed by atoms with van der Waals surface area (Å²) in [6.45, 7) is 3.34. The third-order valence-corrected chi connectivity index (χ3v) is 5.04. The minimum absolute atomic E-state index is 0.0210. The number of rotatable bonds is 6. The standard InChI is InChI=1S/C20H24N4O3/c1-15-11-19(21-13-18(15)24(26)27)22-14-20(25)23-9-7-17(8-10-23)12-16-5-3-2-4-6-16/h2-6,11,13,17H,7-10,12,14H2,1H3,(H,21,22). The third-order valence-electron chi connectivity index (χ3n) is 5.04. The summed E-state index contributed by atoms with van der Waals surface area (Å²) in [5, 5.41) is 13.8. The zero-order valence-electron chi connectivity index (χ0n) is 15.4. The van der Waals surface area contributed by atoms with Gasteiger partial charge in [-0.05, 0) is 43.7 Å². The van der Waals surface area contributed by atoms with Crippen LogP contribution in [-0.4, -0.2) is 40.3 Å². The lowest BCUT2D eigenvalue weighted by Gasteiger charge is -2.32. The molecular weight excluding hydrogens is 344 g/mol. The molecule has 0 atom stereocenters. The molecule has 7 heteroatoms. The highest BCUT2D eigenvalue weighted by atomic mass is 16.6. The Morgan fingerprint density at radius 3 is 2.63 bits per heavy atom. The first-order valence-electron chi connectivity index (χ1n) is 9.19. The zero-order chi connectivity index (χ0) is 19.2. The Balaban J connectivity index is 1.46. The van der Waals surface area contributed by atoms with Crippen molar-refractivity contribution >= 4 is 17.4 Å². The van der Waals surface area contributed by atoms with Gasteiger partial charge in [-0.1, -0.05) is 30.3 Å². The molecule has 1 saturated heterocycles. The molecule has 142 valence electrons. The number of hydrogen-bond donors (Lipinski definition) is 1. The number of piperidine rings is 1. The Morgan fingerprint density at radius 1 is 1.30 bits per heavy atom. The largest absolute Gasteiger partial charge is 0.361 e. The summed E-state index contributed by atoms with van der Waals surface area (Å²) in [6, 6.07) is 12.1. The first-order valence-corrected chi connectivity index (χ1v) is 9.19. The number of amides is 1. The van der Waals surface area contributed by atoms with Gasteiger partial charge in [0.25, 0.3) is 5.69 Å². The molecule has 27 heavy (non-hydrogen) atoms. The van der Waals surface area contributed by atoms with Gasteiger partial charge in [0.2, 0.25) is 5.91 Å². The van der Waals surface area contributed by atoms with Crippen molar-refractivity contribution in [1.29, 1.82) is 0 Å². The van der Waals surface area contributed by atoms with Crippen LogP contribution in [0.25, 0.3) is 0 Å². The molecule has 1 aliphatic rings. The Hall–Kier alpha value is -2.96. The molecule has 2 aromatic rings. The average Bonchev–Trinajstić information content (AvgIpc) is 2.67. The molecule has 1 aromatic carbocycles. The van der Waals surface area contributed by atoms with Crippen molar-refractivity contribution in [3.05, 3.63) is 63.8 Å². The molecule has 0 aliphatic carbocycles. The van der Waals surface area contributed by atoms with E-state index >= 15 is 0 Å². The second-order valence-electron chi connectivity index (χ2n) is 6.98. The van der Waals surface area contributed by atoms with Gasteiger partial charge in [0.1, 0.15) is 12.0 Å². The van der Waals surface area contributed by atoms with Crippen LogP contribution in [0.1, 0.15) is 24.0 Å². The summed E-state index contributed by atoms with van der Waals surface area (Å²) < 4.78 is 0. The van der Waals surface area contributed by atoms with Gasteiger partial charge in [-0.15, -0.1) is 0 Å². The van der Waals surface area contributed by atoms with Crippen LogP contribution in [0.4, 0.5) is 11.5 Å². The molecule has 0 unspecified atom stereocenters. The van der Waals surface area contributed by atoms with E-state index in [2.05, 4.69) is 34.6 Å². The number of nitrogens with zero attached hydrogens (tertiary/aromatic N) is 3. The maximum Gasteiger partial charge on any atom is 0.290 e. The Bertz CT molecular complexity index is 802. The highest BCUT2D eigenvalue weighted by Gasteiger charge is 2.23. The van der Waals surface area contributed by atoms with E-state index in [9.17, 15) is 14.9 Å². The van der Waals surface area contributed by atoms with Crippen LogP contribution in [0.5, 0.6) is 0 Å². The Labute approximate surface area is 158 Å². The molecule has 2 heterocycles. The zero-order valence-corrected chi connectivity index (χ0v) is 15.4. The number of hydrogen-bond acceptors (Lipinski definition) is 5. The topological polar surface area (TPSA) is 88.4 Å². The van der Waals surface area contributed by atoms with Crippen LogP contribution in [0.3, 0.4) is 0 Å². The van der Waals surface area contributed by atoms with Crippen molar-refractivity contribution in [1.82, 2.24) is 9.88 Å². The molecule has 0 bridgehead atoms. The second-order valence-corrected chi connectivity index (χ2v) is 6.98. The smallest absolute Gasteiger partial charge is 0.290 e. The van der Waals surface area contributed by atoms with Crippen molar-refractivity contribution < 1.29 is 9.72 Å². The van der Waals surface area contributed by atoms with Gasteiger partial charge >= 0.3 is 0 Å². The number of carbonyl (C=O) groups is 1. The van der Waals surface area contributed by atoms with Crippen LogP contribution in [0.2, 0.25) is 0 Å². The monoisotopic (exact) mass is 368 g/mol. The fraction of sp³-hybridized carbons (Fsp3) is 0.400. The number of nitrogens with one attached hydrogen (secondary N) is 1. The number of anilines is 1. The van der Waals surface area contributed by atoms with E-state index in [0.29, 0.717) is 17.3 Å². The van der Waals surface area contributed by atoms with Gasteiger partial charge in [0.05, 0.1) is 11.5 Å². The highest BCUT2D eigenvalue weighted by Crippen LogP contribution is 2.22. The van der Waals surface area contributed by atoms with Crippen molar-refractivity contribution in [2.24, 2.45) is 5.92 Å². The summed E-state index contributed by atoms with van der Waals surface area (Å²) >= 11 is 0. The van der Waals surface area contributed by atoms with Crippen LogP contribution in [-0.2, 0) is 11.2 Å². The molecular formula is C20H24N4O3. The van der Waals surface area contributed by atoms with Gasteiger partial charge in [-0.2, -0.15) is 0 Å². The van der Waals surface area contributed by atoms with E-state index in [0.717, 1.165) is 32.4 Å². The van der Waals surface area contributed by atoms with Crippen LogP contribution in [0.15, 0.2) is 42.6 Å². The molecule has 0 saturated carbocycles.